The Labute approximate surface area is 185 Å². The Morgan fingerprint density at radius 2 is 1.88 bits per heavy atom. The van der Waals surface area contributed by atoms with E-state index in [1.165, 1.54) is 30.5 Å². The molecule has 0 unspecified atom stereocenters. The lowest BCUT2D eigenvalue weighted by Gasteiger charge is -2.16. The van der Waals surface area contributed by atoms with E-state index >= 15 is 0 Å². The lowest BCUT2D eigenvalue weighted by Crippen LogP contribution is -2.42. The fourth-order valence-electron chi connectivity index (χ4n) is 3.28. The third kappa shape index (κ3) is 5.29. The Bertz CT molecular complexity index is 1150. The summed E-state index contributed by atoms with van der Waals surface area (Å²) < 4.78 is 63.1. The predicted molar refractivity (Wildman–Crippen MR) is 109 cm³/mol. The number of ether oxygens (including phenoxy) is 2. The molecule has 0 saturated carbocycles. The number of halogens is 4. The number of aliphatic hydroxyl groups is 1. The van der Waals surface area contributed by atoms with Crippen LogP contribution in [0.5, 0.6) is 11.6 Å². The van der Waals surface area contributed by atoms with Crippen molar-refractivity contribution in [2.45, 2.75) is 18.3 Å². The molecule has 1 aliphatic heterocycles. The highest BCUT2D eigenvalue weighted by Crippen LogP contribution is 2.35. The molecule has 0 spiro atoms. The molecule has 1 aromatic heterocycles. The summed E-state index contributed by atoms with van der Waals surface area (Å²) in [5.74, 6) is -1.01. The number of benzene rings is 2. The lowest BCUT2D eigenvalue weighted by atomic mass is 10.0. The van der Waals surface area contributed by atoms with E-state index < -0.39 is 35.6 Å². The van der Waals surface area contributed by atoms with Crippen LogP contribution in [-0.4, -0.2) is 41.4 Å². The maximum Gasteiger partial charge on any atom is 0.416 e. The number of hydrogen-bond acceptors (Lipinski definition) is 5. The zero-order chi connectivity index (χ0) is 23.6. The SMILES string of the molecule is O=C(N[C@H]1COC[C@@H]1O)c1cnc(Oc2ccc(C(F)(F)F)cc2)c(-c2cccc(F)c2)c1. The van der Waals surface area contributed by atoms with Gasteiger partial charge in [-0.05, 0) is 48.0 Å². The first kappa shape index (κ1) is 22.7. The van der Waals surface area contributed by atoms with E-state index in [1.54, 1.807) is 6.07 Å². The second kappa shape index (κ2) is 9.16. The van der Waals surface area contributed by atoms with Crippen molar-refractivity contribution in [3.63, 3.8) is 0 Å². The highest BCUT2D eigenvalue weighted by Gasteiger charge is 2.30. The molecule has 2 atom stereocenters. The largest absolute Gasteiger partial charge is 0.438 e. The molecule has 172 valence electrons. The van der Waals surface area contributed by atoms with E-state index in [0.717, 1.165) is 24.3 Å². The van der Waals surface area contributed by atoms with Gasteiger partial charge in [-0.2, -0.15) is 13.2 Å². The first-order chi connectivity index (χ1) is 15.7. The summed E-state index contributed by atoms with van der Waals surface area (Å²) in [5, 5.41) is 12.5. The van der Waals surface area contributed by atoms with Crippen molar-refractivity contribution in [1.82, 2.24) is 10.3 Å². The molecule has 4 rings (SSSR count). The molecule has 1 amide bonds. The maximum absolute atomic E-state index is 13.9. The van der Waals surface area contributed by atoms with Crippen molar-refractivity contribution in [3.05, 3.63) is 77.7 Å². The van der Waals surface area contributed by atoms with Gasteiger partial charge in [-0.25, -0.2) is 9.37 Å². The Hall–Kier alpha value is -3.50. The number of aromatic nitrogens is 1. The molecule has 0 radical (unpaired) electrons. The number of hydrogen-bond donors (Lipinski definition) is 2. The van der Waals surface area contributed by atoms with Crippen molar-refractivity contribution in [3.8, 4) is 22.8 Å². The summed E-state index contributed by atoms with van der Waals surface area (Å²) in [7, 11) is 0. The number of alkyl halides is 3. The molecule has 2 heterocycles. The second-order valence-electron chi connectivity index (χ2n) is 7.40. The van der Waals surface area contributed by atoms with Gasteiger partial charge in [0.2, 0.25) is 5.88 Å². The Balaban J connectivity index is 1.65. The highest BCUT2D eigenvalue weighted by atomic mass is 19.4. The van der Waals surface area contributed by atoms with Gasteiger partial charge in [0.15, 0.2) is 0 Å². The van der Waals surface area contributed by atoms with Crippen molar-refractivity contribution in [2.75, 3.05) is 13.2 Å². The van der Waals surface area contributed by atoms with Crippen LogP contribution >= 0.6 is 0 Å². The molecule has 2 N–H and O–H groups in total. The van der Waals surface area contributed by atoms with E-state index in [-0.39, 0.29) is 36.0 Å². The first-order valence-electron chi connectivity index (χ1n) is 9.88. The number of rotatable bonds is 5. The van der Waals surface area contributed by atoms with Gasteiger partial charge in [-0.15, -0.1) is 0 Å². The summed E-state index contributed by atoms with van der Waals surface area (Å²) in [6, 6.07) is 10.4. The minimum absolute atomic E-state index is 0.0267. The number of carbonyl (C=O) groups excluding carboxylic acids is 1. The van der Waals surface area contributed by atoms with Crippen LogP contribution in [0.2, 0.25) is 0 Å². The van der Waals surface area contributed by atoms with Gasteiger partial charge in [0.05, 0.1) is 36.5 Å². The highest BCUT2D eigenvalue weighted by molar-refractivity contribution is 5.95. The zero-order valence-electron chi connectivity index (χ0n) is 17.0. The lowest BCUT2D eigenvalue weighted by molar-refractivity contribution is -0.137. The molecule has 0 aliphatic carbocycles. The van der Waals surface area contributed by atoms with Gasteiger partial charge in [-0.3, -0.25) is 4.79 Å². The van der Waals surface area contributed by atoms with Crippen LogP contribution < -0.4 is 10.1 Å². The van der Waals surface area contributed by atoms with E-state index in [4.69, 9.17) is 9.47 Å². The molecule has 1 fully saturated rings. The summed E-state index contributed by atoms with van der Waals surface area (Å²) in [4.78, 5) is 16.8. The number of amides is 1. The number of pyridine rings is 1. The third-order valence-electron chi connectivity index (χ3n) is 5.01. The fourth-order valence-corrected chi connectivity index (χ4v) is 3.28. The van der Waals surface area contributed by atoms with Crippen molar-refractivity contribution in [2.24, 2.45) is 0 Å². The summed E-state index contributed by atoms with van der Waals surface area (Å²) >= 11 is 0. The maximum atomic E-state index is 13.9. The number of nitrogens with zero attached hydrogens (tertiary/aromatic N) is 1. The molecule has 33 heavy (non-hydrogen) atoms. The van der Waals surface area contributed by atoms with Crippen LogP contribution in [0, 0.1) is 5.82 Å². The average Bonchev–Trinajstić information content (AvgIpc) is 3.18. The monoisotopic (exact) mass is 462 g/mol. The average molecular weight is 462 g/mol. The Kier molecular flexibility index (Phi) is 6.30. The zero-order valence-corrected chi connectivity index (χ0v) is 17.0. The van der Waals surface area contributed by atoms with Crippen LogP contribution in [-0.2, 0) is 10.9 Å². The van der Waals surface area contributed by atoms with Gasteiger partial charge < -0.3 is 19.9 Å². The minimum Gasteiger partial charge on any atom is -0.438 e. The van der Waals surface area contributed by atoms with Gasteiger partial charge in [0.1, 0.15) is 11.6 Å². The smallest absolute Gasteiger partial charge is 0.416 e. The molecule has 10 heteroatoms. The summed E-state index contributed by atoms with van der Waals surface area (Å²) in [5.41, 5.74) is -0.111. The quantitative estimate of drug-likeness (QED) is 0.556. The van der Waals surface area contributed by atoms with Crippen molar-refractivity contribution in [1.29, 1.82) is 0 Å². The first-order valence-corrected chi connectivity index (χ1v) is 9.88. The van der Waals surface area contributed by atoms with Crippen molar-refractivity contribution >= 4 is 5.91 Å². The standard InChI is InChI=1S/C23H18F4N2O4/c24-16-3-1-2-13(8-16)18-9-14(21(31)29-19-11-32-12-20(19)30)10-28-22(18)33-17-6-4-15(5-7-17)23(25,26)27/h1-10,19-20,30H,11-12H2,(H,29,31)/t19-,20-/m0/s1. The Morgan fingerprint density at radius 1 is 1.12 bits per heavy atom. The van der Waals surface area contributed by atoms with Gasteiger partial charge in [0, 0.05) is 11.8 Å². The van der Waals surface area contributed by atoms with Crippen molar-refractivity contribution < 1.29 is 36.9 Å². The molecule has 1 saturated heterocycles. The number of nitrogens with one attached hydrogen (secondary N) is 1. The minimum atomic E-state index is -4.49. The topological polar surface area (TPSA) is 80.7 Å². The Morgan fingerprint density at radius 3 is 2.52 bits per heavy atom. The molecule has 0 bridgehead atoms. The van der Waals surface area contributed by atoms with Crippen LogP contribution in [0.25, 0.3) is 11.1 Å². The second-order valence-corrected chi connectivity index (χ2v) is 7.40. The number of carbonyl (C=O) groups is 1. The van der Waals surface area contributed by atoms with Crippen LogP contribution in [0.15, 0.2) is 60.8 Å². The molecule has 6 nitrogen and oxygen atoms in total. The predicted octanol–water partition coefficient (Wildman–Crippen LogP) is 4.19. The normalized spacial score (nSPS) is 18.2. The summed E-state index contributed by atoms with van der Waals surface area (Å²) in [6.07, 6.45) is -4.11. The number of aliphatic hydroxyl groups excluding tert-OH is 1. The molecule has 3 aromatic rings. The van der Waals surface area contributed by atoms with Crippen LogP contribution in [0.1, 0.15) is 15.9 Å². The van der Waals surface area contributed by atoms with Gasteiger partial charge >= 0.3 is 6.18 Å². The van der Waals surface area contributed by atoms with E-state index in [0.29, 0.717) is 5.56 Å². The fraction of sp³-hybridized carbons (Fsp3) is 0.217. The van der Waals surface area contributed by atoms with E-state index in [1.807, 2.05) is 0 Å². The van der Waals surface area contributed by atoms with Crippen LogP contribution in [0.4, 0.5) is 17.6 Å². The van der Waals surface area contributed by atoms with Gasteiger partial charge in [-0.1, -0.05) is 12.1 Å². The molecule has 2 aromatic carbocycles. The van der Waals surface area contributed by atoms with E-state index in [2.05, 4.69) is 10.3 Å². The molecular formula is C23H18F4N2O4. The van der Waals surface area contributed by atoms with Crippen LogP contribution in [0.3, 0.4) is 0 Å². The molecule has 1 aliphatic rings. The summed E-state index contributed by atoms with van der Waals surface area (Å²) in [6.45, 7) is 0.268. The van der Waals surface area contributed by atoms with Gasteiger partial charge in [0.25, 0.3) is 5.91 Å². The molecular weight excluding hydrogens is 444 g/mol. The van der Waals surface area contributed by atoms with E-state index in [9.17, 15) is 27.5 Å². The third-order valence-corrected chi connectivity index (χ3v) is 5.01.